The van der Waals surface area contributed by atoms with E-state index in [9.17, 15) is 15.0 Å². The van der Waals surface area contributed by atoms with Gasteiger partial charge in [0, 0.05) is 16.5 Å². The molecule has 4 rings (SSSR count). The minimum atomic E-state index is -1.23. The summed E-state index contributed by atoms with van der Waals surface area (Å²) in [7, 11) is 1.59. The molecule has 0 unspecified atom stereocenters. The molecule has 2 heterocycles. The van der Waals surface area contributed by atoms with Crippen LogP contribution in [-0.2, 0) is 0 Å². The molecule has 30 heavy (non-hydrogen) atoms. The molecule has 0 aliphatic carbocycles. The van der Waals surface area contributed by atoms with Gasteiger partial charge in [0.05, 0.1) is 24.5 Å². The SMILES string of the molecule is COc1ccc(-c2cc([O-])n(-c3nc(-c4ccc(C(=O)[O-])cc4)cs3)n2)cc1.[Na+].[Na+]. The van der Waals surface area contributed by atoms with Crippen molar-refractivity contribution < 1.29 is 78.9 Å². The Hall–Kier alpha value is -1.65. The van der Waals surface area contributed by atoms with Crippen LogP contribution in [0.3, 0.4) is 0 Å². The number of carbonyl (C=O) groups excluding carboxylic acids is 1. The van der Waals surface area contributed by atoms with Gasteiger partial charge in [0.25, 0.3) is 0 Å². The van der Waals surface area contributed by atoms with E-state index in [1.54, 1.807) is 36.8 Å². The summed E-state index contributed by atoms with van der Waals surface area (Å²) in [5.74, 6) is -0.789. The number of benzene rings is 2. The average molecular weight is 437 g/mol. The number of nitrogens with zero attached hydrogens (tertiary/aromatic N) is 3. The number of hydrogen-bond acceptors (Lipinski definition) is 7. The molecule has 0 aliphatic heterocycles. The van der Waals surface area contributed by atoms with Crippen LogP contribution < -0.4 is 74.1 Å². The van der Waals surface area contributed by atoms with Crippen molar-refractivity contribution in [2.45, 2.75) is 0 Å². The Kier molecular flexibility index (Phi) is 8.69. The minimum absolute atomic E-state index is 0. The number of carboxylic acids is 1. The minimum Gasteiger partial charge on any atom is -0.858 e. The number of aromatic nitrogens is 3. The van der Waals surface area contributed by atoms with Crippen LogP contribution >= 0.6 is 11.3 Å². The maximum Gasteiger partial charge on any atom is 1.00 e. The Morgan fingerprint density at radius 2 is 1.60 bits per heavy atom. The maximum absolute atomic E-state index is 12.4. The zero-order valence-corrected chi connectivity index (χ0v) is 21.5. The van der Waals surface area contributed by atoms with Crippen LogP contribution in [0.4, 0.5) is 0 Å². The van der Waals surface area contributed by atoms with Gasteiger partial charge in [-0.25, -0.2) is 9.67 Å². The molecular formula is C20H13N3Na2O4S. The van der Waals surface area contributed by atoms with E-state index in [0.29, 0.717) is 16.5 Å². The van der Waals surface area contributed by atoms with Gasteiger partial charge in [-0.3, -0.25) is 0 Å². The molecule has 2 aromatic heterocycles. The molecule has 0 bridgehead atoms. The van der Waals surface area contributed by atoms with Crippen LogP contribution in [0.25, 0.3) is 27.6 Å². The predicted octanol–water partition coefficient (Wildman–Crippen LogP) is -3.88. The summed E-state index contributed by atoms with van der Waals surface area (Å²) >= 11 is 1.28. The Labute approximate surface area is 220 Å². The van der Waals surface area contributed by atoms with Gasteiger partial charge in [-0.2, -0.15) is 5.10 Å². The fourth-order valence-electron chi connectivity index (χ4n) is 2.68. The van der Waals surface area contributed by atoms with E-state index in [0.717, 1.165) is 16.9 Å². The fraction of sp³-hybridized carbons (Fsp3) is 0.0500. The third kappa shape index (κ3) is 5.15. The van der Waals surface area contributed by atoms with E-state index in [4.69, 9.17) is 4.74 Å². The summed E-state index contributed by atoms with van der Waals surface area (Å²) in [5.41, 5.74) is 2.81. The molecule has 0 amide bonds. The summed E-state index contributed by atoms with van der Waals surface area (Å²) in [6.45, 7) is 0. The monoisotopic (exact) mass is 437 g/mol. The molecule has 2 aromatic carbocycles. The van der Waals surface area contributed by atoms with Crippen LogP contribution in [-0.4, -0.2) is 27.8 Å². The first kappa shape index (κ1) is 24.6. The molecule has 0 saturated carbocycles. The number of rotatable bonds is 5. The van der Waals surface area contributed by atoms with E-state index in [1.807, 2.05) is 12.1 Å². The first-order valence-electron chi connectivity index (χ1n) is 8.24. The zero-order valence-electron chi connectivity index (χ0n) is 16.7. The van der Waals surface area contributed by atoms with E-state index in [1.165, 1.54) is 34.2 Å². The molecule has 0 saturated heterocycles. The predicted molar refractivity (Wildman–Crippen MR) is 100 cm³/mol. The van der Waals surface area contributed by atoms with Crippen molar-refractivity contribution in [3.05, 3.63) is 65.5 Å². The third-order valence-corrected chi connectivity index (χ3v) is 4.97. The second-order valence-corrected chi connectivity index (χ2v) is 6.72. The first-order valence-corrected chi connectivity index (χ1v) is 9.12. The largest absolute Gasteiger partial charge is 1.00 e. The van der Waals surface area contributed by atoms with Crippen molar-refractivity contribution in [3.8, 4) is 39.3 Å². The Bertz CT molecular complexity index is 1140. The summed E-state index contributed by atoms with van der Waals surface area (Å²) < 4.78 is 6.39. The Balaban J connectivity index is 0.00000160. The smallest absolute Gasteiger partial charge is 0.858 e. The molecule has 0 spiro atoms. The molecule has 0 radical (unpaired) electrons. The second kappa shape index (κ2) is 10.6. The van der Waals surface area contributed by atoms with Crippen molar-refractivity contribution in [2.24, 2.45) is 0 Å². The summed E-state index contributed by atoms with van der Waals surface area (Å²) in [6, 6.07) is 14.9. The fourth-order valence-corrected chi connectivity index (χ4v) is 3.46. The maximum atomic E-state index is 12.4. The number of hydrogen-bond donors (Lipinski definition) is 0. The molecule has 0 fully saturated rings. The number of carboxylic acid groups (broad SMARTS) is 1. The zero-order chi connectivity index (χ0) is 19.7. The normalized spacial score (nSPS) is 10.0. The van der Waals surface area contributed by atoms with Gasteiger partial charge in [0.15, 0.2) is 0 Å². The Morgan fingerprint density at radius 1 is 1.00 bits per heavy atom. The van der Waals surface area contributed by atoms with Crippen LogP contribution in [0.2, 0.25) is 0 Å². The van der Waals surface area contributed by atoms with Gasteiger partial charge < -0.3 is 19.7 Å². The quantitative estimate of drug-likeness (QED) is 0.296. The molecule has 0 aliphatic rings. The van der Waals surface area contributed by atoms with Crippen LogP contribution in [0, 0.1) is 0 Å². The van der Waals surface area contributed by atoms with Crippen LogP contribution in [0.1, 0.15) is 10.4 Å². The van der Waals surface area contributed by atoms with E-state index < -0.39 is 5.97 Å². The molecule has 140 valence electrons. The molecule has 10 heteroatoms. The number of methoxy groups -OCH3 is 1. The van der Waals surface area contributed by atoms with Gasteiger partial charge in [-0.1, -0.05) is 24.3 Å². The van der Waals surface area contributed by atoms with Gasteiger partial charge in [0.2, 0.25) is 5.13 Å². The van der Waals surface area contributed by atoms with Gasteiger partial charge >= 0.3 is 59.1 Å². The summed E-state index contributed by atoms with van der Waals surface area (Å²) in [6.07, 6.45) is 0. The van der Waals surface area contributed by atoms with Crippen LogP contribution in [0.5, 0.6) is 11.6 Å². The Morgan fingerprint density at radius 3 is 2.20 bits per heavy atom. The number of carbonyl (C=O) groups is 1. The van der Waals surface area contributed by atoms with E-state index in [2.05, 4.69) is 10.1 Å². The van der Waals surface area contributed by atoms with E-state index >= 15 is 0 Å². The van der Waals surface area contributed by atoms with Crippen molar-refractivity contribution >= 4 is 17.3 Å². The third-order valence-electron chi connectivity index (χ3n) is 4.15. The molecule has 7 nitrogen and oxygen atoms in total. The number of ether oxygens (including phenoxy) is 1. The standard InChI is InChI=1S/C20H15N3O4S.2Na/c1-27-15-8-6-12(7-9-15)16-10-18(24)23(22-16)20-21-17(11-28-20)13-2-4-14(5-3-13)19(25)26;;/h2-11,24H,1H3,(H,25,26);;/q;2*+1/p-2. The van der Waals surface area contributed by atoms with Crippen LogP contribution in [0.15, 0.2) is 60.0 Å². The first-order chi connectivity index (χ1) is 13.5. The van der Waals surface area contributed by atoms with Crippen molar-refractivity contribution in [1.82, 2.24) is 14.8 Å². The van der Waals surface area contributed by atoms with Crippen molar-refractivity contribution in [1.29, 1.82) is 0 Å². The number of aromatic carboxylic acids is 1. The van der Waals surface area contributed by atoms with E-state index in [-0.39, 0.29) is 70.6 Å². The average Bonchev–Trinajstić information content (AvgIpc) is 3.35. The molecular weight excluding hydrogens is 424 g/mol. The van der Waals surface area contributed by atoms with Gasteiger partial charge in [0.1, 0.15) is 5.75 Å². The number of thiazole rings is 1. The molecule has 0 N–H and O–H groups in total. The van der Waals surface area contributed by atoms with Gasteiger partial charge in [-0.05, 0) is 41.8 Å². The second-order valence-electron chi connectivity index (χ2n) is 5.89. The van der Waals surface area contributed by atoms with Crippen molar-refractivity contribution in [2.75, 3.05) is 7.11 Å². The van der Waals surface area contributed by atoms with Gasteiger partial charge in [-0.15, -0.1) is 11.3 Å². The molecule has 4 aromatic rings. The summed E-state index contributed by atoms with van der Waals surface area (Å²) in [4.78, 5) is 15.3. The molecule has 0 atom stereocenters. The topological polar surface area (TPSA) is 103 Å². The summed E-state index contributed by atoms with van der Waals surface area (Å²) in [5, 5.41) is 29.8. The van der Waals surface area contributed by atoms with Crippen molar-refractivity contribution in [3.63, 3.8) is 0 Å².